The molecule has 1 N–H and O–H groups in total. The Balaban J connectivity index is 2.04. The fourth-order valence-electron chi connectivity index (χ4n) is 1.34. The van der Waals surface area contributed by atoms with Gasteiger partial charge in [0.05, 0.1) is 6.54 Å². The minimum absolute atomic E-state index is 0.0403. The third-order valence-electron chi connectivity index (χ3n) is 2.31. The number of rotatable bonds is 4. The minimum Gasteiger partial charge on any atom is -0.427 e. The second kappa shape index (κ2) is 5.80. The molecule has 0 radical (unpaired) electrons. The lowest BCUT2D eigenvalue weighted by Crippen LogP contribution is -2.35. The summed E-state index contributed by atoms with van der Waals surface area (Å²) in [7, 11) is 0. The molecule has 0 aliphatic carbocycles. The number of benzene rings is 1. The summed E-state index contributed by atoms with van der Waals surface area (Å²) in [6, 6.07) is 3.01. The summed E-state index contributed by atoms with van der Waals surface area (Å²) in [5, 5.41) is 11.9. The Morgan fingerprint density at radius 3 is 2.70 bits per heavy atom. The average Bonchev–Trinajstić information content (AvgIpc) is 2.78. The first-order valence-electron chi connectivity index (χ1n) is 6.04. The van der Waals surface area contributed by atoms with E-state index in [9.17, 15) is 8.78 Å². The summed E-state index contributed by atoms with van der Waals surface area (Å²) in [5.74, 6) is -1.41. The molecule has 1 aromatic heterocycles. The Morgan fingerprint density at radius 2 is 2.00 bits per heavy atom. The predicted octanol–water partition coefficient (Wildman–Crippen LogP) is 3.50. The van der Waals surface area contributed by atoms with Crippen molar-refractivity contribution < 1.29 is 13.5 Å². The normalized spacial score (nSPS) is 11.7. The van der Waals surface area contributed by atoms with Crippen molar-refractivity contribution >= 4 is 11.3 Å². The van der Waals surface area contributed by atoms with Gasteiger partial charge in [-0.3, -0.25) is 0 Å². The maximum atomic E-state index is 13.4. The predicted molar refractivity (Wildman–Crippen MR) is 72.9 cm³/mol. The van der Waals surface area contributed by atoms with Crippen LogP contribution in [0.4, 0.5) is 8.78 Å². The molecule has 2 rings (SSSR count). The molecule has 108 valence electrons. The molecule has 0 aliphatic heterocycles. The van der Waals surface area contributed by atoms with Gasteiger partial charge in [-0.2, -0.15) is 0 Å². The van der Waals surface area contributed by atoms with Gasteiger partial charge in [0.25, 0.3) is 5.19 Å². The van der Waals surface area contributed by atoms with Gasteiger partial charge >= 0.3 is 0 Å². The first kappa shape index (κ1) is 14.8. The van der Waals surface area contributed by atoms with Crippen LogP contribution in [0.5, 0.6) is 10.9 Å². The molecule has 4 nitrogen and oxygen atoms in total. The number of hydrogen-bond acceptors (Lipinski definition) is 5. The molecular formula is C13H15F2N3OS. The monoisotopic (exact) mass is 299 g/mol. The molecule has 20 heavy (non-hydrogen) atoms. The van der Waals surface area contributed by atoms with Gasteiger partial charge in [-0.05, 0) is 32.9 Å². The zero-order chi connectivity index (χ0) is 14.8. The number of aromatic nitrogens is 2. The van der Waals surface area contributed by atoms with Crippen molar-refractivity contribution in [2.75, 3.05) is 0 Å². The van der Waals surface area contributed by atoms with Crippen molar-refractivity contribution in [3.05, 3.63) is 34.8 Å². The Hall–Kier alpha value is -1.60. The lowest BCUT2D eigenvalue weighted by atomic mass is 10.1. The third-order valence-corrected chi connectivity index (χ3v) is 3.11. The van der Waals surface area contributed by atoms with Crippen LogP contribution < -0.4 is 10.1 Å². The zero-order valence-corrected chi connectivity index (χ0v) is 12.2. The summed E-state index contributed by atoms with van der Waals surface area (Å²) >= 11 is 1.19. The van der Waals surface area contributed by atoms with E-state index in [1.165, 1.54) is 11.3 Å². The van der Waals surface area contributed by atoms with Gasteiger partial charge in [-0.25, -0.2) is 8.78 Å². The largest absolute Gasteiger partial charge is 0.427 e. The molecule has 7 heteroatoms. The standard InChI is InChI=1S/C13H15F2N3OS/c1-13(2,3)16-7-11-17-18-12(20-11)19-10-6-8(14)4-5-9(10)15/h4-6,16H,7H2,1-3H3. The van der Waals surface area contributed by atoms with E-state index >= 15 is 0 Å². The SMILES string of the molecule is CC(C)(C)NCc1nnc(Oc2cc(F)ccc2F)s1. The molecule has 1 heterocycles. The van der Waals surface area contributed by atoms with E-state index in [0.717, 1.165) is 18.2 Å². The summed E-state index contributed by atoms with van der Waals surface area (Å²) in [5.41, 5.74) is -0.0403. The van der Waals surface area contributed by atoms with Crippen LogP contribution in [-0.2, 0) is 6.54 Å². The summed E-state index contributed by atoms with van der Waals surface area (Å²) < 4.78 is 31.6. The first-order valence-corrected chi connectivity index (χ1v) is 6.85. The van der Waals surface area contributed by atoms with E-state index in [1.54, 1.807) is 0 Å². The van der Waals surface area contributed by atoms with Crippen LogP contribution in [-0.4, -0.2) is 15.7 Å². The van der Waals surface area contributed by atoms with Gasteiger partial charge in [0.15, 0.2) is 11.6 Å². The lowest BCUT2D eigenvalue weighted by molar-refractivity contribution is 0.421. The van der Waals surface area contributed by atoms with Crippen LogP contribution in [0.2, 0.25) is 0 Å². The van der Waals surface area contributed by atoms with E-state index in [1.807, 2.05) is 20.8 Å². The van der Waals surface area contributed by atoms with Crippen molar-refractivity contribution in [3.8, 4) is 10.9 Å². The number of ether oxygens (including phenoxy) is 1. The first-order chi connectivity index (χ1) is 9.33. The topological polar surface area (TPSA) is 47.0 Å². The van der Waals surface area contributed by atoms with Gasteiger partial charge in [0.1, 0.15) is 10.8 Å². The average molecular weight is 299 g/mol. The highest BCUT2D eigenvalue weighted by Gasteiger charge is 2.13. The van der Waals surface area contributed by atoms with Crippen LogP contribution in [0, 0.1) is 11.6 Å². The zero-order valence-electron chi connectivity index (χ0n) is 11.4. The molecule has 0 amide bonds. The van der Waals surface area contributed by atoms with Crippen LogP contribution in [0.3, 0.4) is 0 Å². The smallest absolute Gasteiger partial charge is 0.299 e. The van der Waals surface area contributed by atoms with Crippen LogP contribution in [0.1, 0.15) is 25.8 Å². The molecule has 1 aromatic carbocycles. The fraction of sp³-hybridized carbons (Fsp3) is 0.385. The van der Waals surface area contributed by atoms with Gasteiger partial charge in [-0.15, -0.1) is 5.10 Å². The Morgan fingerprint density at radius 1 is 1.25 bits per heavy atom. The molecule has 2 aromatic rings. The maximum Gasteiger partial charge on any atom is 0.299 e. The quantitative estimate of drug-likeness (QED) is 0.938. The molecule has 0 bridgehead atoms. The maximum absolute atomic E-state index is 13.4. The van der Waals surface area contributed by atoms with Gasteiger partial charge in [0.2, 0.25) is 0 Å². The van der Waals surface area contributed by atoms with Crippen LogP contribution >= 0.6 is 11.3 Å². The molecule has 0 aliphatic rings. The molecule has 0 spiro atoms. The molecule has 0 saturated heterocycles. The van der Waals surface area contributed by atoms with Crippen molar-refractivity contribution in [2.45, 2.75) is 32.9 Å². The molecule has 0 saturated carbocycles. The molecular weight excluding hydrogens is 284 g/mol. The van der Waals surface area contributed by atoms with Crippen LogP contribution in [0.25, 0.3) is 0 Å². The number of nitrogens with zero attached hydrogens (tertiary/aromatic N) is 2. The van der Waals surface area contributed by atoms with E-state index in [4.69, 9.17) is 4.74 Å². The van der Waals surface area contributed by atoms with Crippen LogP contribution in [0.15, 0.2) is 18.2 Å². The Bertz CT molecular complexity index is 596. The Kier molecular flexibility index (Phi) is 4.29. The van der Waals surface area contributed by atoms with Crippen molar-refractivity contribution in [2.24, 2.45) is 0 Å². The summed E-state index contributed by atoms with van der Waals surface area (Å²) in [6.07, 6.45) is 0. The molecule has 0 fully saturated rings. The third kappa shape index (κ3) is 4.21. The Labute approximate surface area is 119 Å². The molecule has 0 atom stereocenters. The highest BCUT2D eigenvalue weighted by atomic mass is 32.1. The van der Waals surface area contributed by atoms with Crippen molar-refractivity contribution in [3.63, 3.8) is 0 Å². The van der Waals surface area contributed by atoms with Crippen molar-refractivity contribution in [1.29, 1.82) is 0 Å². The number of hydrogen-bond donors (Lipinski definition) is 1. The van der Waals surface area contributed by atoms with Gasteiger partial charge in [-0.1, -0.05) is 16.4 Å². The van der Waals surface area contributed by atoms with E-state index in [0.29, 0.717) is 11.6 Å². The lowest BCUT2D eigenvalue weighted by Gasteiger charge is -2.19. The highest BCUT2D eigenvalue weighted by molar-refractivity contribution is 7.13. The van der Waals surface area contributed by atoms with Gasteiger partial charge in [0, 0.05) is 11.6 Å². The van der Waals surface area contributed by atoms with E-state index < -0.39 is 11.6 Å². The van der Waals surface area contributed by atoms with Gasteiger partial charge < -0.3 is 10.1 Å². The van der Waals surface area contributed by atoms with E-state index in [-0.39, 0.29) is 16.5 Å². The second-order valence-electron chi connectivity index (χ2n) is 5.24. The number of nitrogens with one attached hydrogen (secondary N) is 1. The minimum atomic E-state index is -0.643. The summed E-state index contributed by atoms with van der Waals surface area (Å²) in [6.45, 7) is 6.64. The van der Waals surface area contributed by atoms with Crippen molar-refractivity contribution in [1.82, 2.24) is 15.5 Å². The fourth-order valence-corrected chi connectivity index (χ4v) is 1.98. The highest BCUT2D eigenvalue weighted by Crippen LogP contribution is 2.27. The second-order valence-corrected chi connectivity index (χ2v) is 6.27. The number of halogens is 2. The molecule has 0 unspecified atom stereocenters. The summed E-state index contributed by atoms with van der Waals surface area (Å²) in [4.78, 5) is 0. The van der Waals surface area contributed by atoms with E-state index in [2.05, 4.69) is 15.5 Å².